The molecule has 0 fully saturated rings. The van der Waals surface area contributed by atoms with Crippen LogP contribution in [0.25, 0.3) is 76.6 Å². The maximum Gasteiger partial charge on any atom is 0.164 e. The zero-order chi connectivity index (χ0) is 34.7. The molecule has 0 spiro atoms. The molecule has 0 bridgehead atoms. The molecule has 0 saturated carbocycles. The minimum atomic E-state index is 0.669. The lowest BCUT2D eigenvalue weighted by Crippen LogP contribution is -2.47. The van der Waals surface area contributed by atoms with E-state index >= 15 is 0 Å². The molecule has 8 aromatic rings. The highest BCUT2D eigenvalue weighted by Crippen LogP contribution is 2.36. The summed E-state index contributed by atoms with van der Waals surface area (Å²) in [5.74, 6) is 2.05. The minimum Gasteiger partial charge on any atom is -0.208 e. The van der Waals surface area contributed by atoms with Crippen LogP contribution in [0.3, 0.4) is 0 Å². The van der Waals surface area contributed by atoms with Crippen LogP contribution < -0.4 is 38.2 Å². The Hall–Kier alpha value is -5.00. The Bertz CT molecular complexity index is 2490. The fraction of sp³-hybridized carbons (Fsp3) is 0. The molecule has 0 unspecified atom stereocenters. The molecule has 0 aliphatic carbocycles. The van der Waals surface area contributed by atoms with Crippen LogP contribution in [0.1, 0.15) is 0 Å². The third-order valence-corrected chi connectivity index (χ3v) is 12.2. The average molecular weight is 650 g/mol. The minimum absolute atomic E-state index is 0.669. The number of thiophene rings is 1. The Morgan fingerprint density at radius 3 is 1.16 bits per heavy atom. The van der Waals surface area contributed by atoms with Gasteiger partial charge in [0.05, 0.1) is 0 Å². The summed E-state index contributed by atoms with van der Waals surface area (Å²) < 4.78 is 2.68. The second-order valence-corrected chi connectivity index (χ2v) is 14.5. The molecule has 0 aliphatic rings. The van der Waals surface area contributed by atoms with Gasteiger partial charge in [0, 0.05) is 31.5 Å². The van der Waals surface area contributed by atoms with E-state index in [-0.39, 0.29) is 0 Å². The van der Waals surface area contributed by atoms with Crippen LogP contribution in [-0.4, -0.2) is 69.9 Å². The monoisotopic (exact) mass is 651 g/mol. The van der Waals surface area contributed by atoms with Gasteiger partial charge in [-0.05, 0) is 27.6 Å². The van der Waals surface area contributed by atoms with Crippen LogP contribution in [0.15, 0.2) is 109 Å². The largest absolute Gasteiger partial charge is 0.208 e. The zero-order valence-corrected chi connectivity index (χ0v) is 30.5. The SMILES string of the molecule is Bc1c(B)c(B)c2c(sc3c(B)c(B)c(B)c(-c4nc(-c5ccc(-c6ccccc6)cc5)nc(-c5ccc(-c6ccccc6)cc5)n4)c32)c1B. The van der Waals surface area contributed by atoms with Crippen LogP contribution in [0.4, 0.5) is 0 Å². The Morgan fingerprint density at radius 1 is 0.320 bits per heavy atom. The van der Waals surface area contributed by atoms with Crippen molar-refractivity contribution in [2.24, 2.45) is 0 Å². The number of benzene rings is 6. The van der Waals surface area contributed by atoms with E-state index < -0.39 is 0 Å². The Morgan fingerprint density at radius 2 is 0.680 bits per heavy atom. The Balaban J connectivity index is 1.39. The van der Waals surface area contributed by atoms with Gasteiger partial charge in [-0.3, -0.25) is 0 Å². The second-order valence-electron chi connectivity index (χ2n) is 13.5. The van der Waals surface area contributed by atoms with Gasteiger partial charge in [-0.1, -0.05) is 137 Å². The molecule has 0 atom stereocenters. The summed E-state index contributed by atoms with van der Waals surface area (Å²) in [4.78, 5) is 15.8. The quantitative estimate of drug-likeness (QED) is 0.211. The molecular weight excluding hydrogens is 618 g/mol. The summed E-state index contributed by atoms with van der Waals surface area (Å²) in [6.07, 6.45) is 0. The number of hydrogen-bond acceptors (Lipinski definition) is 4. The van der Waals surface area contributed by atoms with Crippen molar-refractivity contribution in [3.63, 3.8) is 0 Å². The topological polar surface area (TPSA) is 38.7 Å². The Kier molecular flexibility index (Phi) is 8.19. The molecule has 0 amide bonds. The third kappa shape index (κ3) is 5.36. The molecule has 11 heteroatoms. The Labute approximate surface area is 303 Å². The maximum atomic E-state index is 5.31. The van der Waals surface area contributed by atoms with E-state index in [1.54, 1.807) is 0 Å². The van der Waals surface area contributed by atoms with Gasteiger partial charge in [-0.15, -0.1) is 22.3 Å². The van der Waals surface area contributed by atoms with Crippen LogP contribution in [0.2, 0.25) is 0 Å². The molecule has 0 saturated heterocycles. The maximum absolute atomic E-state index is 5.31. The first-order chi connectivity index (χ1) is 24.2. The summed E-state index contributed by atoms with van der Waals surface area (Å²) in [5, 5.41) is 2.59. The van der Waals surface area contributed by atoms with Crippen molar-refractivity contribution in [3.05, 3.63) is 109 Å². The first-order valence-corrected chi connectivity index (χ1v) is 18.0. The van der Waals surface area contributed by atoms with E-state index in [1.807, 2.05) is 23.5 Å². The van der Waals surface area contributed by atoms with Crippen molar-refractivity contribution in [2.45, 2.75) is 0 Å². The van der Waals surface area contributed by atoms with Gasteiger partial charge in [-0.2, -0.15) is 0 Å². The van der Waals surface area contributed by atoms with Gasteiger partial charge in [0.2, 0.25) is 0 Å². The van der Waals surface area contributed by atoms with Crippen LogP contribution >= 0.6 is 11.3 Å². The molecule has 2 heterocycles. The first-order valence-electron chi connectivity index (χ1n) is 17.2. The molecule has 230 valence electrons. The van der Waals surface area contributed by atoms with Gasteiger partial charge >= 0.3 is 0 Å². The molecule has 6 aromatic carbocycles. The van der Waals surface area contributed by atoms with E-state index in [4.69, 9.17) is 15.0 Å². The lowest BCUT2D eigenvalue weighted by molar-refractivity contribution is 1.08. The van der Waals surface area contributed by atoms with Gasteiger partial charge < -0.3 is 0 Å². The van der Waals surface area contributed by atoms with Crippen molar-refractivity contribution in [3.8, 4) is 56.4 Å². The summed E-state index contributed by atoms with van der Waals surface area (Å²) in [6.45, 7) is 0. The highest BCUT2D eigenvalue weighted by molar-refractivity contribution is 7.28. The summed E-state index contributed by atoms with van der Waals surface area (Å²) in [5.41, 5.74) is 17.0. The fourth-order valence-electron chi connectivity index (χ4n) is 7.21. The molecule has 3 nitrogen and oxygen atoms in total. The molecule has 50 heavy (non-hydrogen) atoms. The fourth-order valence-corrected chi connectivity index (χ4v) is 8.69. The highest BCUT2D eigenvalue weighted by atomic mass is 32.1. The van der Waals surface area contributed by atoms with Gasteiger partial charge in [0.1, 0.15) is 54.9 Å². The average Bonchev–Trinajstić information content (AvgIpc) is 3.57. The smallest absolute Gasteiger partial charge is 0.164 e. The summed E-state index contributed by atoms with van der Waals surface area (Å²) >= 11 is 1.91. The van der Waals surface area contributed by atoms with Crippen molar-refractivity contribution < 1.29 is 0 Å². The normalized spacial score (nSPS) is 11.4. The van der Waals surface area contributed by atoms with E-state index in [2.05, 4.69) is 152 Å². The lowest BCUT2D eigenvalue weighted by atomic mass is 9.64. The van der Waals surface area contributed by atoms with Gasteiger partial charge in [0.15, 0.2) is 17.5 Å². The number of hydrogen-bond donors (Lipinski definition) is 0. The summed E-state index contributed by atoms with van der Waals surface area (Å²) in [6, 6.07) is 38.1. The molecule has 0 radical (unpaired) electrons. The van der Waals surface area contributed by atoms with Crippen LogP contribution in [-0.2, 0) is 0 Å². The highest BCUT2D eigenvalue weighted by Gasteiger charge is 2.24. The van der Waals surface area contributed by atoms with Crippen molar-refractivity contribution in [1.82, 2.24) is 15.0 Å². The number of rotatable bonds is 5. The zero-order valence-electron chi connectivity index (χ0n) is 29.6. The number of nitrogens with zero attached hydrogens (tertiary/aromatic N) is 3. The third-order valence-electron chi connectivity index (χ3n) is 10.8. The second kappa shape index (κ2) is 12.7. The van der Waals surface area contributed by atoms with E-state index in [0.717, 1.165) is 27.8 Å². The van der Waals surface area contributed by atoms with E-state index in [0.29, 0.717) is 17.5 Å². The predicted octanol–water partition coefficient (Wildman–Crippen LogP) is -1.62. The predicted molar refractivity (Wildman–Crippen MR) is 237 cm³/mol. The van der Waals surface area contributed by atoms with E-state index in [1.165, 1.54) is 69.5 Å². The number of aromatic nitrogens is 3. The molecular formula is C39H32B7N3S. The van der Waals surface area contributed by atoms with Crippen molar-refractivity contribution in [2.75, 3.05) is 0 Å². The molecule has 0 N–H and O–H groups in total. The van der Waals surface area contributed by atoms with Crippen LogP contribution in [0, 0.1) is 0 Å². The molecule has 8 rings (SSSR count). The summed E-state index contributed by atoms with van der Waals surface area (Å²) in [7, 11) is 15.8. The van der Waals surface area contributed by atoms with Crippen molar-refractivity contribution in [1.29, 1.82) is 0 Å². The molecule has 0 aliphatic heterocycles. The first kappa shape index (κ1) is 32.2. The standard InChI is InChI=1S/C39H32B7N3S/c40-28-26-25-27(29(41)31(43)33(45)35(25)50-36(26)34(46)32(44)30(28)42)39-48-37(23-15-11-21(12-16-23)19-7-3-1-4-8-19)47-38(49-39)24-17-13-22(14-18-24)20-9-5-2-6-10-20/h1-18H,40-46H2. The number of fused-ring (bicyclic) bond motifs is 3. The molecule has 2 aromatic heterocycles. The lowest BCUT2D eigenvalue weighted by Gasteiger charge is -2.17. The van der Waals surface area contributed by atoms with Gasteiger partial charge in [-0.25, -0.2) is 15.0 Å². The van der Waals surface area contributed by atoms with Crippen LogP contribution in [0.5, 0.6) is 0 Å². The van der Waals surface area contributed by atoms with Gasteiger partial charge in [0.25, 0.3) is 0 Å². The van der Waals surface area contributed by atoms with Crippen molar-refractivity contribution >= 4 is 125 Å². The van der Waals surface area contributed by atoms with E-state index in [9.17, 15) is 0 Å².